The van der Waals surface area contributed by atoms with Crippen molar-refractivity contribution in [2.24, 2.45) is 11.3 Å². The zero-order valence-electron chi connectivity index (χ0n) is 15.4. The predicted molar refractivity (Wildman–Crippen MR) is 97.1 cm³/mol. The number of methoxy groups -OCH3 is 1. The van der Waals surface area contributed by atoms with Crippen molar-refractivity contribution in [3.63, 3.8) is 0 Å². The largest absolute Gasteiger partial charge is 0.502 e. The standard InChI is InChI=1S/C20H32N2O/c1-7-18-17(13-15(4)23-6)20(5,14-16-11-10-12-21-16)19(8-2)22(18)9-3/h7,10-12,17,19,21H,4,8-9,13-14H2,1-3,5-6H3/b18-7+. The van der Waals surface area contributed by atoms with Gasteiger partial charge in [0.2, 0.25) is 0 Å². The van der Waals surface area contributed by atoms with Gasteiger partial charge in [0.05, 0.1) is 12.9 Å². The molecule has 3 heteroatoms. The number of hydrogen-bond donors (Lipinski definition) is 1. The average molecular weight is 316 g/mol. The molecule has 1 aromatic rings. The van der Waals surface area contributed by atoms with Gasteiger partial charge in [-0.2, -0.15) is 0 Å². The number of allylic oxidation sites excluding steroid dienone is 3. The molecule has 0 aliphatic carbocycles. The fourth-order valence-corrected chi connectivity index (χ4v) is 4.54. The lowest BCUT2D eigenvalue weighted by Gasteiger charge is -2.37. The van der Waals surface area contributed by atoms with Crippen LogP contribution in [0.2, 0.25) is 0 Å². The van der Waals surface area contributed by atoms with Crippen LogP contribution >= 0.6 is 0 Å². The number of aromatic nitrogens is 1. The fraction of sp³-hybridized carbons (Fsp3) is 0.600. The second-order valence-electron chi connectivity index (χ2n) is 6.80. The van der Waals surface area contributed by atoms with Gasteiger partial charge in [0, 0.05) is 47.9 Å². The SMILES string of the molecule is C=C(CC1/C(=C\C)N(CC)C(CC)C1(C)Cc1ccc[nH]1)OC. The van der Waals surface area contributed by atoms with Crippen LogP contribution in [-0.2, 0) is 11.2 Å². The molecule has 0 radical (unpaired) electrons. The van der Waals surface area contributed by atoms with E-state index in [1.54, 1.807) is 7.11 Å². The molecule has 1 aromatic heterocycles. The molecule has 0 saturated carbocycles. The van der Waals surface area contributed by atoms with Crippen LogP contribution in [0.5, 0.6) is 0 Å². The predicted octanol–water partition coefficient (Wildman–Crippen LogP) is 4.75. The molecular formula is C20H32N2O. The van der Waals surface area contributed by atoms with Crippen LogP contribution in [0, 0.1) is 11.3 Å². The first-order chi connectivity index (χ1) is 11.0. The van der Waals surface area contributed by atoms with E-state index in [1.165, 1.54) is 11.4 Å². The topological polar surface area (TPSA) is 28.3 Å². The maximum absolute atomic E-state index is 5.42. The first-order valence-electron chi connectivity index (χ1n) is 8.78. The molecular weight excluding hydrogens is 284 g/mol. The van der Waals surface area contributed by atoms with E-state index >= 15 is 0 Å². The Morgan fingerprint density at radius 2 is 2.22 bits per heavy atom. The van der Waals surface area contributed by atoms with Crippen molar-refractivity contribution in [1.29, 1.82) is 0 Å². The molecule has 1 aliphatic rings. The van der Waals surface area contributed by atoms with Crippen molar-refractivity contribution in [2.75, 3.05) is 13.7 Å². The minimum atomic E-state index is 0.166. The summed E-state index contributed by atoms with van der Waals surface area (Å²) >= 11 is 0. The summed E-state index contributed by atoms with van der Waals surface area (Å²) in [4.78, 5) is 5.99. The van der Waals surface area contributed by atoms with Crippen molar-refractivity contribution in [3.8, 4) is 0 Å². The molecule has 1 aliphatic heterocycles. The van der Waals surface area contributed by atoms with Crippen molar-refractivity contribution in [3.05, 3.63) is 48.1 Å². The fourth-order valence-electron chi connectivity index (χ4n) is 4.54. The Balaban J connectivity index is 2.44. The zero-order chi connectivity index (χ0) is 17.0. The molecule has 1 fully saturated rings. The molecule has 128 valence electrons. The van der Waals surface area contributed by atoms with Crippen molar-refractivity contribution in [1.82, 2.24) is 9.88 Å². The third kappa shape index (κ3) is 3.19. The van der Waals surface area contributed by atoms with E-state index in [0.717, 1.165) is 31.6 Å². The Labute approximate surface area is 141 Å². The quantitative estimate of drug-likeness (QED) is 0.735. The summed E-state index contributed by atoms with van der Waals surface area (Å²) in [5.41, 5.74) is 2.93. The lowest BCUT2D eigenvalue weighted by Crippen LogP contribution is -2.40. The van der Waals surface area contributed by atoms with Gasteiger partial charge in [-0.05, 0) is 38.8 Å². The number of rotatable bonds is 7. The molecule has 0 spiro atoms. The molecule has 0 aromatic carbocycles. The first-order valence-corrected chi connectivity index (χ1v) is 8.78. The monoisotopic (exact) mass is 316 g/mol. The number of likely N-dealkylation sites (tertiary alicyclic amines) is 1. The van der Waals surface area contributed by atoms with Crippen LogP contribution in [0.1, 0.15) is 46.2 Å². The Morgan fingerprint density at radius 3 is 2.70 bits per heavy atom. The van der Waals surface area contributed by atoms with Gasteiger partial charge in [0.25, 0.3) is 0 Å². The van der Waals surface area contributed by atoms with E-state index in [1.807, 2.05) is 6.20 Å². The summed E-state index contributed by atoms with van der Waals surface area (Å²) in [7, 11) is 1.73. The Hall–Kier alpha value is -1.64. The highest BCUT2D eigenvalue weighted by Gasteiger charge is 2.52. The molecule has 1 saturated heterocycles. The Morgan fingerprint density at radius 1 is 1.48 bits per heavy atom. The summed E-state index contributed by atoms with van der Waals surface area (Å²) < 4.78 is 5.42. The van der Waals surface area contributed by atoms with E-state index in [0.29, 0.717) is 12.0 Å². The number of nitrogens with one attached hydrogen (secondary N) is 1. The Kier molecular flexibility index (Phi) is 5.61. The van der Waals surface area contributed by atoms with Gasteiger partial charge in [-0.25, -0.2) is 0 Å². The highest BCUT2D eigenvalue weighted by molar-refractivity contribution is 5.25. The molecule has 3 atom stereocenters. The summed E-state index contributed by atoms with van der Waals surface area (Å²) in [5, 5.41) is 0. The van der Waals surface area contributed by atoms with Crippen LogP contribution in [0.15, 0.2) is 42.4 Å². The number of nitrogens with zero attached hydrogens (tertiary/aromatic N) is 1. The van der Waals surface area contributed by atoms with Crippen molar-refractivity contribution >= 4 is 0 Å². The van der Waals surface area contributed by atoms with Crippen LogP contribution < -0.4 is 0 Å². The van der Waals surface area contributed by atoms with Crippen LogP contribution in [0.4, 0.5) is 0 Å². The normalized spacial score (nSPS) is 29.3. The third-order valence-electron chi connectivity index (χ3n) is 5.60. The molecule has 0 bridgehead atoms. The van der Waals surface area contributed by atoms with E-state index in [9.17, 15) is 0 Å². The lowest BCUT2D eigenvalue weighted by atomic mass is 9.68. The second-order valence-corrected chi connectivity index (χ2v) is 6.80. The van der Waals surface area contributed by atoms with E-state index in [-0.39, 0.29) is 5.41 Å². The summed E-state index contributed by atoms with van der Waals surface area (Å²) in [6.45, 7) is 14.3. The maximum atomic E-state index is 5.42. The summed E-state index contributed by atoms with van der Waals surface area (Å²) in [6, 6.07) is 4.83. The molecule has 3 nitrogen and oxygen atoms in total. The first kappa shape index (κ1) is 17.7. The lowest BCUT2D eigenvalue weighted by molar-refractivity contribution is 0.138. The number of hydrogen-bond acceptors (Lipinski definition) is 2. The van der Waals surface area contributed by atoms with Gasteiger partial charge < -0.3 is 14.6 Å². The number of H-pyrrole nitrogens is 1. The smallest absolute Gasteiger partial charge is 0.0890 e. The van der Waals surface area contributed by atoms with Crippen LogP contribution in [-0.4, -0.2) is 29.6 Å². The summed E-state index contributed by atoms with van der Waals surface area (Å²) in [5.74, 6) is 1.31. The van der Waals surface area contributed by atoms with Crippen LogP contribution in [0.3, 0.4) is 0 Å². The maximum Gasteiger partial charge on any atom is 0.0890 e. The minimum Gasteiger partial charge on any atom is -0.502 e. The van der Waals surface area contributed by atoms with Gasteiger partial charge in [0.1, 0.15) is 0 Å². The van der Waals surface area contributed by atoms with Gasteiger partial charge in [-0.15, -0.1) is 0 Å². The highest BCUT2D eigenvalue weighted by Crippen LogP contribution is 2.52. The summed E-state index contributed by atoms with van der Waals surface area (Å²) in [6.07, 6.45) is 7.40. The Bertz CT molecular complexity index is 546. The highest BCUT2D eigenvalue weighted by atomic mass is 16.5. The van der Waals surface area contributed by atoms with Gasteiger partial charge >= 0.3 is 0 Å². The van der Waals surface area contributed by atoms with Crippen molar-refractivity contribution in [2.45, 2.75) is 53.0 Å². The minimum absolute atomic E-state index is 0.166. The van der Waals surface area contributed by atoms with Gasteiger partial charge in [-0.3, -0.25) is 0 Å². The molecule has 0 amide bonds. The molecule has 3 unspecified atom stereocenters. The number of aromatic amines is 1. The van der Waals surface area contributed by atoms with E-state index in [4.69, 9.17) is 4.74 Å². The second kappa shape index (κ2) is 7.29. The zero-order valence-corrected chi connectivity index (χ0v) is 15.4. The molecule has 2 heterocycles. The molecule has 2 rings (SSSR count). The third-order valence-corrected chi connectivity index (χ3v) is 5.60. The van der Waals surface area contributed by atoms with Crippen molar-refractivity contribution < 1.29 is 4.74 Å². The van der Waals surface area contributed by atoms with E-state index in [2.05, 4.69) is 62.4 Å². The van der Waals surface area contributed by atoms with E-state index < -0.39 is 0 Å². The van der Waals surface area contributed by atoms with Gasteiger partial charge in [-0.1, -0.05) is 26.5 Å². The van der Waals surface area contributed by atoms with Crippen LogP contribution in [0.25, 0.3) is 0 Å². The van der Waals surface area contributed by atoms with Gasteiger partial charge in [0.15, 0.2) is 0 Å². The molecule has 1 N–H and O–H groups in total. The molecule has 23 heavy (non-hydrogen) atoms. The average Bonchev–Trinajstić information content (AvgIpc) is 3.12. The number of ether oxygens (including phenoxy) is 1.